The van der Waals surface area contributed by atoms with Crippen LogP contribution in [0, 0.1) is 20.2 Å². The predicted molar refractivity (Wildman–Crippen MR) is 110 cm³/mol. The number of carbonyl (C=O) groups is 1. The van der Waals surface area contributed by atoms with E-state index in [0.717, 1.165) is 41.2 Å². The number of hydrogen-bond donors (Lipinski definition) is 1. The fraction of sp³-hybridized carbons (Fsp3) is 0. The van der Waals surface area contributed by atoms with E-state index in [1.165, 1.54) is 24.3 Å². The summed E-state index contributed by atoms with van der Waals surface area (Å²) in [6.45, 7) is 0. The summed E-state index contributed by atoms with van der Waals surface area (Å²) in [5, 5.41) is 36.6. The van der Waals surface area contributed by atoms with Crippen molar-refractivity contribution in [3.05, 3.63) is 78.7 Å². The molecule has 0 atom stereocenters. The lowest BCUT2D eigenvalue weighted by Crippen LogP contribution is -2.22. The molecule has 29 heavy (non-hydrogen) atoms. The summed E-state index contributed by atoms with van der Waals surface area (Å²) in [7, 11) is 0. The molecular formula is C17H10N4O6S2. The topological polar surface area (TPSA) is 139 Å². The molecular weight excluding hydrogens is 420 g/mol. The number of phenolic OH excluding ortho intramolecular Hbond substituents is 1. The van der Waals surface area contributed by atoms with E-state index in [1.807, 2.05) is 0 Å². The fourth-order valence-corrected chi connectivity index (χ4v) is 3.52. The Balaban J connectivity index is 1.89. The van der Waals surface area contributed by atoms with Gasteiger partial charge in [0.15, 0.2) is 4.32 Å². The second-order valence-corrected chi connectivity index (χ2v) is 7.23. The maximum atomic E-state index is 12.6. The maximum absolute atomic E-state index is 12.6. The van der Waals surface area contributed by atoms with E-state index in [2.05, 4.69) is 5.10 Å². The summed E-state index contributed by atoms with van der Waals surface area (Å²) in [6, 6.07) is 9.28. The average Bonchev–Trinajstić information content (AvgIpc) is 2.94. The Bertz CT molecular complexity index is 1110. The van der Waals surface area contributed by atoms with Crippen LogP contribution in [-0.2, 0) is 4.79 Å². The summed E-state index contributed by atoms with van der Waals surface area (Å²) in [4.78, 5) is 33.5. The van der Waals surface area contributed by atoms with Crippen LogP contribution >= 0.6 is 24.0 Å². The first-order chi connectivity index (χ1) is 13.8. The molecule has 1 fully saturated rings. The normalized spacial score (nSPS) is 15.4. The lowest BCUT2D eigenvalue weighted by molar-refractivity contribution is -0.385. The molecule has 3 rings (SSSR count). The number of para-hydroxylation sites is 1. The highest BCUT2D eigenvalue weighted by Crippen LogP contribution is 2.34. The summed E-state index contributed by atoms with van der Waals surface area (Å²) in [6.07, 6.45) is 2.42. The highest BCUT2D eigenvalue weighted by atomic mass is 32.2. The quantitative estimate of drug-likeness (QED) is 0.250. The highest BCUT2D eigenvalue weighted by Gasteiger charge is 2.32. The lowest BCUT2D eigenvalue weighted by atomic mass is 10.1. The van der Waals surface area contributed by atoms with Crippen molar-refractivity contribution in [2.24, 2.45) is 5.10 Å². The molecule has 0 radical (unpaired) electrons. The number of nitro benzene ring substituents is 2. The van der Waals surface area contributed by atoms with Crippen LogP contribution in [0.4, 0.5) is 11.4 Å². The number of nitro groups is 2. The first-order valence-corrected chi connectivity index (χ1v) is 9.03. The Labute approximate surface area is 172 Å². The van der Waals surface area contributed by atoms with Crippen molar-refractivity contribution < 1.29 is 19.7 Å². The third-order valence-corrected chi connectivity index (χ3v) is 5.01. The Morgan fingerprint density at radius 1 is 1.10 bits per heavy atom. The van der Waals surface area contributed by atoms with Crippen LogP contribution in [0.25, 0.3) is 6.08 Å². The second-order valence-electron chi connectivity index (χ2n) is 5.55. The molecule has 10 nitrogen and oxygen atoms in total. The molecule has 1 amide bonds. The number of non-ortho nitro benzene ring substituents is 1. The molecule has 1 aliphatic rings. The number of hydrazone groups is 1. The maximum Gasteiger partial charge on any atom is 0.286 e. The fourth-order valence-electron chi connectivity index (χ4n) is 2.35. The van der Waals surface area contributed by atoms with E-state index in [4.69, 9.17) is 12.2 Å². The standard InChI is InChI=1S/C17H10N4O6S2/c22-14-6-5-12(20(24)25)7-11(14)9-18-19-16(23)15(29-17(19)28)8-10-3-1-2-4-13(10)21(26)27/h1-9,22H/b15-8?,18-9+. The average molecular weight is 430 g/mol. The number of nitrogens with zero attached hydrogens (tertiary/aromatic N) is 4. The van der Waals surface area contributed by atoms with E-state index < -0.39 is 15.8 Å². The molecule has 0 aliphatic carbocycles. The Morgan fingerprint density at radius 3 is 2.52 bits per heavy atom. The lowest BCUT2D eigenvalue weighted by Gasteiger charge is -2.06. The predicted octanol–water partition coefficient (Wildman–Crippen LogP) is 3.44. The molecule has 2 aromatic rings. The molecule has 2 aromatic carbocycles. The number of phenols is 1. The van der Waals surface area contributed by atoms with Gasteiger partial charge in [0, 0.05) is 23.8 Å². The van der Waals surface area contributed by atoms with E-state index in [9.17, 15) is 30.1 Å². The number of rotatable bonds is 5. The second kappa shape index (κ2) is 8.16. The van der Waals surface area contributed by atoms with Gasteiger partial charge in [-0.3, -0.25) is 25.0 Å². The molecule has 1 saturated heterocycles. The van der Waals surface area contributed by atoms with E-state index in [0.29, 0.717) is 0 Å². The van der Waals surface area contributed by atoms with Gasteiger partial charge in [0.1, 0.15) is 5.75 Å². The molecule has 0 saturated carbocycles. The first kappa shape index (κ1) is 20.1. The molecule has 0 unspecified atom stereocenters. The molecule has 146 valence electrons. The van der Waals surface area contributed by atoms with Gasteiger partial charge in [-0.25, -0.2) is 0 Å². The summed E-state index contributed by atoms with van der Waals surface area (Å²) in [5.41, 5.74) is -0.164. The van der Waals surface area contributed by atoms with Crippen molar-refractivity contribution in [2.45, 2.75) is 0 Å². The van der Waals surface area contributed by atoms with Gasteiger partial charge in [0.05, 0.1) is 26.5 Å². The van der Waals surface area contributed by atoms with Gasteiger partial charge in [-0.05, 0) is 30.4 Å². The molecule has 0 bridgehead atoms. The van der Waals surface area contributed by atoms with Crippen LogP contribution in [0.1, 0.15) is 11.1 Å². The van der Waals surface area contributed by atoms with Crippen molar-refractivity contribution in [1.29, 1.82) is 0 Å². The zero-order valence-electron chi connectivity index (χ0n) is 14.3. The summed E-state index contributed by atoms with van der Waals surface area (Å²) < 4.78 is 0.0704. The minimum atomic E-state index is -0.633. The minimum absolute atomic E-state index is 0.0240. The Morgan fingerprint density at radius 2 is 1.83 bits per heavy atom. The van der Waals surface area contributed by atoms with E-state index in [-0.39, 0.29) is 37.5 Å². The van der Waals surface area contributed by atoms with E-state index in [1.54, 1.807) is 6.07 Å². The number of benzene rings is 2. The zero-order valence-corrected chi connectivity index (χ0v) is 15.9. The van der Waals surface area contributed by atoms with Gasteiger partial charge in [0.2, 0.25) is 0 Å². The van der Waals surface area contributed by atoms with Crippen LogP contribution in [0.5, 0.6) is 5.75 Å². The number of hydrogen-bond acceptors (Lipinski definition) is 9. The van der Waals surface area contributed by atoms with Crippen LogP contribution in [-0.4, -0.2) is 36.4 Å². The number of thioether (sulfide) groups is 1. The molecule has 0 spiro atoms. The first-order valence-electron chi connectivity index (χ1n) is 7.80. The number of carbonyl (C=O) groups excluding carboxylic acids is 1. The SMILES string of the molecule is O=C1C(=Cc2ccccc2[N+](=O)[O-])SC(=S)N1/N=C/c1cc([N+](=O)[O-])ccc1O. The van der Waals surface area contributed by atoms with Gasteiger partial charge in [-0.2, -0.15) is 10.1 Å². The van der Waals surface area contributed by atoms with Crippen LogP contribution in [0.2, 0.25) is 0 Å². The Hall–Kier alpha value is -3.64. The molecule has 0 aromatic heterocycles. The van der Waals surface area contributed by atoms with Gasteiger partial charge in [0.25, 0.3) is 17.3 Å². The van der Waals surface area contributed by atoms with Crippen molar-refractivity contribution in [2.75, 3.05) is 0 Å². The highest BCUT2D eigenvalue weighted by molar-refractivity contribution is 8.26. The van der Waals surface area contributed by atoms with Crippen molar-refractivity contribution in [1.82, 2.24) is 5.01 Å². The zero-order chi connectivity index (χ0) is 21.1. The van der Waals surface area contributed by atoms with Crippen LogP contribution < -0.4 is 0 Å². The van der Waals surface area contributed by atoms with Gasteiger partial charge in [-0.1, -0.05) is 23.9 Å². The van der Waals surface area contributed by atoms with Gasteiger partial charge >= 0.3 is 0 Å². The van der Waals surface area contributed by atoms with Crippen LogP contribution in [0.3, 0.4) is 0 Å². The van der Waals surface area contributed by atoms with Crippen molar-refractivity contribution >= 4 is 57.9 Å². The van der Waals surface area contributed by atoms with Crippen molar-refractivity contribution in [3.8, 4) is 5.75 Å². The minimum Gasteiger partial charge on any atom is -0.507 e. The summed E-state index contributed by atoms with van der Waals surface area (Å²) >= 11 is 6.03. The number of amides is 1. The van der Waals surface area contributed by atoms with Gasteiger partial charge < -0.3 is 5.11 Å². The third kappa shape index (κ3) is 4.28. The number of aromatic hydroxyl groups is 1. The third-order valence-electron chi connectivity index (χ3n) is 3.73. The summed E-state index contributed by atoms with van der Waals surface area (Å²) in [5.74, 6) is -0.875. The Kier molecular flexibility index (Phi) is 5.66. The molecule has 1 heterocycles. The molecule has 12 heteroatoms. The van der Waals surface area contributed by atoms with Crippen molar-refractivity contribution in [3.63, 3.8) is 0 Å². The van der Waals surface area contributed by atoms with Crippen LogP contribution in [0.15, 0.2) is 52.5 Å². The molecule has 1 N–H and O–H groups in total. The number of thiocarbonyl (C=S) groups is 1. The monoisotopic (exact) mass is 430 g/mol. The van der Waals surface area contributed by atoms with Gasteiger partial charge in [-0.15, -0.1) is 0 Å². The molecule has 1 aliphatic heterocycles. The largest absolute Gasteiger partial charge is 0.507 e. The smallest absolute Gasteiger partial charge is 0.286 e. The van der Waals surface area contributed by atoms with E-state index >= 15 is 0 Å².